The molecule has 0 aromatic heterocycles. The number of rotatable bonds is 19. The summed E-state index contributed by atoms with van der Waals surface area (Å²) in [5.74, 6) is -3.66. The van der Waals surface area contributed by atoms with Crippen molar-refractivity contribution in [3.8, 4) is 0 Å². The minimum atomic E-state index is -1.31. The van der Waals surface area contributed by atoms with Gasteiger partial charge in [-0.25, -0.2) is 0 Å². The van der Waals surface area contributed by atoms with Crippen LogP contribution in [0.25, 0.3) is 0 Å². The largest absolute Gasteiger partial charge is 0.455 e. The molecule has 3 heterocycles. The van der Waals surface area contributed by atoms with Crippen molar-refractivity contribution in [2.45, 2.75) is 93.1 Å². The van der Waals surface area contributed by atoms with Crippen LogP contribution >= 0.6 is 15.9 Å². The zero-order valence-electron chi connectivity index (χ0n) is 28.2. The molecular weight excluding hydrogens is 682 g/mol. The number of aliphatic hydroxyl groups excluding tert-OH is 1. The van der Waals surface area contributed by atoms with Crippen molar-refractivity contribution in [2.75, 3.05) is 33.4 Å². The molecule has 3 saturated heterocycles. The number of allylic oxidation sites excluding steroid dienone is 1. The molecule has 2 bridgehead atoms. The van der Waals surface area contributed by atoms with Crippen LogP contribution in [-0.2, 0) is 33.4 Å². The van der Waals surface area contributed by atoms with Gasteiger partial charge in [-0.2, -0.15) is 0 Å². The number of nitrogens with zero attached hydrogens (tertiary/aromatic N) is 2. The van der Waals surface area contributed by atoms with Gasteiger partial charge in [0.1, 0.15) is 17.7 Å². The van der Waals surface area contributed by atoms with Gasteiger partial charge in [0.05, 0.1) is 43.2 Å². The Morgan fingerprint density at radius 1 is 1.23 bits per heavy atom. The average molecular weight is 733 g/mol. The quantitative estimate of drug-likeness (QED) is 0.125. The Labute approximate surface area is 292 Å². The molecule has 0 aliphatic carbocycles. The Kier molecular flexibility index (Phi) is 13.4. The zero-order valence-corrected chi connectivity index (χ0v) is 29.8. The smallest absolute Gasteiger partial charge is 0.313 e. The van der Waals surface area contributed by atoms with Crippen LogP contribution in [0.5, 0.6) is 0 Å². The highest BCUT2D eigenvalue weighted by Crippen LogP contribution is 2.61. The number of methoxy groups -OCH3 is 1. The van der Waals surface area contributed by atoms with Crippen molar-refractivity contribution in [2.24, 2.45) is 11.8 Å². The lowest BCUT2D eigenvalue weighted by Gasteiger charge is -2.39. The molecule has 11 nitrogen and oxygen atoms in total. The van der Waals surface area contributed by atoms with Crippen molar-refractivity contribution in [1.82, 2.24) is 15.1 Å². The fraction of sp³-hybridized carbons (Fsp3) is 0.611. The Morgan fingerprint density at radius 3 is 2.56 bits per heavy atom. The van der Waals surface area contributed by atoms with E-state index in [1.807, 2.05) is 32.0 Å². The molecular formula is C36H50BrN3O8. The summed E-state index contributed by atoms with van der Waals surface area (Å²) in [6.45, 7) is 11.9. The third-order valence-corrected chi connectivity index (χ3v) is 10.6. The minimum absolute atomic E-state index is 0.0561. The first-order chi connectivity index (χ1) is 23.1. The summed E-state index contributed by atoms with van der Waals surface area (Å²) in [5, 5.41) is 13.4. The predicted molar refractivity (Wildman–Crippen MR) is 184 cm³/mol. The molecule has 1 aromatic rings. The first-order valence-corrected chi connectivity index (χ1v) is 17.8. The van der Waals surface area contributed by atoms with E-state index in [0.717, 1.165) is 12.8 Å². The molecule has 264 valence electrons. The maximum Gasteiger partial charge on any atom is 0.313 e. The van der Waals surface area contributed by atoms with E-state index < -0.39 is 59.6 Å². The fourth-order valence-corrected chi connectivity index (χ4v) is 8.46. The second-order valence-electron chi connectivity index (χ2n) is 12.8. The number of likely N-dealkylation sites (tertiary alicyclic amines) is 1. The van der Waals surface area contributed by atoms with E-state index in [4.69, 9.17) is 14.2 Å². The van der Waals surface area contributed by atoms with Crippen molar-refractivity contribution >= 4 is 39.6 Å². The van der Waals surface area contributed by atoms with E-state index in [-0.39, 0.29) is 36.3 Å². The second kappa shape index (κ2) is 17.0. The number of carbonyl (C=O) groups excluding carboxylic acids is 4. The van der Waals surface area contributed by atoms with Crippen LogP contribution in [0.1, 0.15) is 64.0 Å². The van der Waals surface area contributed by atoms with Crippen LogP contribution in [0.3, 0.4) is 0 Å². The number of ether oxygens (including phenoxy) is 3. The second-order valence-corrected chi connectivity index (χ2v) is 14.0. The van der Waals surface area contributed by atoms with Gasteiger partial charge in [-0.05, 0) is 31.2 Å². The number of fused-ring (bicyclic) bond motifs is 1. The lowest BCUT2D eigenvalue weighted by atomic mass is 9.70. The van der Waals surface area contributed by atoms with Crippen molar-refractivity contribution in [3.63, 3.8) is 0 Å². The molecule has 1 spiro atoms. The van der Waals surface area contributed by atoms with Crippen LogP contribution in [0.2, 0.25) is 0 Å². The molecule has 3 fully saturated rings. The van der Waals surface area contributed by atoms with Gasteiger partial charge in [0.25, 0.3) is 0 Å². The van der Waals surface area contributed by atoms with Gasteiger partial charge in [-0.3, -0.25) is 19.2 Å². The highest BCUT2D eigenvalue weighted by Gasteiger charge is 2.77. The normalized spacial score (nSPS) is 27.6. The van der Waals surface area contributed by atoms with Crippen LogP contribution < -0.4 is 5.32 Å². The van der Waals surface area contributed by atoms with Crippen LogP contribution in [0.15, 0.2) is 55.6 Å². The molecule has 1 aromatic carbocycles. The number of unbranched alkanes of at least 4 members (excludes halogenated alkanes) is 1. The first-order valence-electron chi connectivity index (χ1n) is 16.9. The molecule has 3 aliphatic heterocycles. The Bertz CT molecular complexity index is 1310. The predicted octanol–water partition coefficient (Wildman–Crippen LogP) is 3.70. The number of benzene rings is 1. The molecule has 4 rings (SSSR count). The average Bonchev–Trinajstić information content (AvgIpc) is 3.68. The third-order valence-electron chi connectivity index (χ3n) is 9.76. The summed E-state index contributed by atoms with van der Waals surface area (Å²) < 4.78 is 18.4. The van der Waals surface area contributed by atoms with Gasteiger partial charge in [0.2, 0.25) is 17.7 Å². The highest BCUT2D eigenvalue weighted by molar-refractivity contribution is 9.09. The van der Waals surface area contributed by atoms with Gasteiger partial charge in [0, 0.05) is 31.4 Å². The van der Waals surface area contributed by atoms with Crippen molar-refractivity contribution in [1.29, 1.82) is 0 Å². The lowest BCUT2D eigenvalue weighted by Crippen LogP contribution is -2.59. The molecule has 0 saturated carbocycles. The number of halogens is 1. The number of nitrogens with one attached hydrogen (secondary N) is 1. The van der Waals surface area contributed by atoms with E-state index >= 15 is 0 Å². The maximum absolute atomic E-state index is 14.5. The minimum Gasteiger partial charge on any atom is -0.455 e. The molecule has 3 amide bonds. The summed E-state index contributed by atoms with van der Waals surface area (Å²) in [4.78, 5) is 59.1. The number of amides is 3. The monoisotopic (exact) mass is 731 g/mol. The SMILES string of the molecule is C=CCCC(=O)N[C@H](COC)[C@H](OC(=O)[C@H]1[C@@H]2O[C@@]3(CC2Br)[C@@H]1C(=O)N([C@@H](CC)CO)[C@@H]3C(=O)N(CC=C)CCCC)c1ccccc1. The van der Waals surface area contributed by atoms with Gasteiger partial charge in [-0.1, -0.05) is 78.7 Å². The summed E-state index contributed by atoms with van der Waals surface area (Å²) in [7, 11) is 1.50. The van der Waals surface area contributed by atoms with E-state index in [9.17, 15) is 24.3 Å². The standard InChI is InChI=1S/C36H50BrN3O8/c1-6-10-17-27(42)38-26(22-46-5)30(23-15-13-12-14-16-23)47-35(45)28-29-33(43)40(24(9-4)21-41)32(36(29)20-25(37)31(28)48-36)34(44)39(18-8-3)19-11-7-2/h6,8,12-16,24-26,28-32,41H,1,3,7,9-11,17-22H2,2,4-5H3,(H,38,42)/t24-,25?,26+,28+,29-,30+,31+,32+,36-/m0/s1. The number of alkyl halides is 1. The number of esters is 1. The number of hydrogen-bond donors (Lipinski definition) is 2. The van der Waals surface area contributed by atoms with Gasteiger partial charge < -0.3 is 34.4 Å². The number of carbonyl (C=O) groups is 4. The molecule has 9 atom stereocenters. The van der Waals surface area contributed by atoms with Crippen molar-refractivity contribution in [3.05, 3.63) is 61.2 Å². The molecule has 0 radical (unpaired) electrons. The number of aliphatic hydroxyl groups is 1. The van der Waals surface area contributed by atoms with Gasteiger partial charge >= 0.3 is 5.97 Å². The summed E-state index contributed by atoms with van der Waals surface area (Å²) in [5.41, 5.74) is -0.668. The summed E-state index contributed by atoms with van der Waals surface area (Å²) in [6, 6.07) is 6.64. The zero-order chi connectivity index (χ0) is 35.0. The molecule has 12 heteroatoms. The third kappa shape index (κ3) is 7.41. The fourth-order valence-electron chi connectivity index (χ4n) is 7.52. The van der Waals surface area contributed by atoms with Crippen LogP contribution in [0, 0.1) is 11.8 Å². The Morgan fingerprint density at radius 2 is 1.96 bits per heavy atom. The lowest BCUT2D eigenvalue weighted by molar-refractivity contribution is -0.163. The molecule has 2 N–H and O–H groups in total. The molecule has 3 aliphatic rings. The Balaban J connectivity index is 1.74. The molecule has 48 heavy (non-hydrogen) atoms. The van der Waals surface area contributed by atoms with E-state index in [1.165, 1.54) is 12.0 Å². The van der Waals surface area contributed by atoms with Crippen molar-refractivity contribution < 1.29 is 38.5 Å². The van der Waals surface area contributed by atoms with E-state index in [2.05, 4.69) is 34.4 Å². The topological polar surface area (TPSA) is 135 Å². The van der Waals surface area contributed by atoms with Crippen LogP contribution in [0.4, 0.5) is 0 Å². The summed E-state index contributed by atoms with van der Waals surface area (Å²) in [6.07, 6.45) is 4.68. The Hall–Kier alpha value is -3.06. The number of hydrogen-bond acceptors (Lipinski definition) is 8. The highest BCUT2D eigenvalue weighted by atomic mass is 79.9. The first kappa shape index (κ1) is 37.8. The van der Waals surface area contributed by atoms with E-state index in [0.29, 0.717) is 37.9 Å². The van der Waals surface area contributed by atoms with Gasteiger partial charge in [0.15, 0.2) is 0 Å². The summed E-state index contributed by atoms with van der Waals surface area (Å²) >= 11 is 3.72. The maximum atomic E-state index is 14.5. The van der Waals surface area contributed by atoms with Gasteiger partial charge in [-0.15, -0.1) is 13.2 Å². The van der Waals surface area contributed by atoms with Crippen LogP contribution in [-0.4, -0.2) is 107 Å². The molecule has 1 unspecified atom stereocenters. The van der Waals surface area contributed by atoms with E-state index in [1.54, 1.807) is 29.2 Å².